The van der Waals surface area contributed by atoms with E-state index in [0.29, 0.717) is 5.92 Å². The summed E-state index contributed by atoms with van der Waals surface area (Å²) < 4.78 is 5.98. The van der Waals surface area contributed by atoms with E-state index in [-0.39, 0.29) is 11.7 Å². The van der Waals surface area contributed by atoms with Crippen molar-refractivity contribution in [1.29, 1.82) is 0 Å². The summed E-state index contributed by atoms with van der Waals surface area (Å²) in [6, 6.07) is 0. The molecular weight excluding hydrogens is 202 g/mol. The third kappa shape index (κ3) is 2.76. The van der Waals surface area contributed by atoms with E-state index < -0.39 is 0 Å². The van der Waals surface area contributed by atoms with E-state index in [2.05, 4.69) is 12.2 Å². The van der Waals surface area contributed by atoms with Gasteiger partial charge in [-0.1, -0.05) is 19.8 Å². The number of likely N-dealkylation sites (N-methyl/N-ethyl adjacent to an activating group) is 1. The van der Waals surface area contributed by atoms with Gasteiger partial charge in [-0.05, 0) is 38.1 Å². The second-order valence-electron chi connectivity index (χ2n) is 5.37. The van der Waals surface area contributed by atoms with Crippen LogP contribution in [0.5, 0.6) is 0 Å². The monoisotopic (exact) mass is 227 g/mol. The van der Waals surface area contributed by atoms with Gasteiger partial charge in [0.05, 0.1) is 11.7 Å². The lowest BCUT2D eigenvalue weighted by Gasteiger charge is -2.40. The van der Waals surface area contributed by atoms with Crippen LogP contribution in [0.3, 0.4) is 0 Å². The van der Waals surface area contributed by atoms with Gasteiger partial charge in [0, 0.05) is 13.2 Å². The lowest BCUT2D eigenvalue weighted by Crippen LogP contribution is -2.43. The van der Waals surface area contributed by atoms with Gasteiger partial charge in [0.1, 0.15) is 0 Å². The molecule has 3 nitrogen and oxygen atoms in total. The van der Waals surface area contributed by atoms with Gasteiger partial charge in [-0.25, -0.2) is 0 Å². The predicted octanol–water partition coefficient (Wildman–Crippen LogP) is 1.70. The zero-order valence-corrected chi connectivity index (χ0v) is 10.4. The predicted molar refractivity (Wildman–Crippen MR) is 64.4 cm³/mol. The molecule has 2 N–H and O–H groups in total. The number of hydrogen-bond donors (Lipinski definition) is 2. The molecule has 0 aromatic heterocycles. The second kappa shape index (κ2) is 5.48. The summed E-state index contributed by atoms with van der Waals surface area (Å²) in [4.78, 5) is 0. The maximum absolute atomic E-state index is 10.1. The standard InChI is InChI=1S/C13H25NO2/c1-2-14-10-12(15)11-5-8-16-13(9-11)6-3-4-7-13/h11-12,14-15H,2-10H2,1H3. The molecule has 1 aliphatic heterocycles. The minimum Gasteiger partial charge on any atom is -0.392 e. The van der Waals surface area contributed by atoms with Gasteiger partial charge in [-0.15, -0.1) is 0 Å². The van der Waals surface area contributed by atoms with Crippen molar-refractivity contribution in [3.05, 3.63) is 0 Å². The molecule has 2 atom stereocenters. The molecule has 0 amide bonds. The molecule has 94 valence electrons. The van der Waals surface area contributed by atoms with Gasteiger partial charge in [0.15, 0.2) is 0 Å². The molecule has 0 bridgehead atoms. The van der Waals surface area contributed by atoms with Crippen molar-refractivity contribution in [3.63, 3.8) is 0 Å². The van der Waals surface area contributed by atoms with Crippen LogP contribution in [0.4, 0.5) is 0 Å². The minimum absolute atomic E-state index is 0.135. The SMILES string of the molecule is CCNCC(O)C1CCOC2(CCCC2)C1. The van der Waals surface area contributed by atoms with E-state index in [0.717, 1.165) is 32.5 Å². The van der Waals surface area contributed by atoms with E-state index >= 15 is 0 Å². The number of nitrogens with one attached hydrogen (secondary N) is 1. The Morgan fingerprint density at radius 3 is 2.88 bits per heavy atom. The van der Waals surface area contributed by atoms with Gasteiger partial charge in [-0.2, -0.15) is 0 Å². The first-order valence-corrected chi connectivity index (χ1v) is 6.78. The fourth-order valence-electron chi connectivity index (χ4n) is 3.22. The highest BCUT2D eigenvalue weighted by Crippen LogP contribution is 2.42. The Balaban J connectivity index is 1.85. The average molecular weight is 227 g/mol. The van der Waals surface area contributed by atoms with Crippen LogP contribution in [0, 0.1) is 5.92 Å². The Labute approximate surface area is 98.6 Å². The largest absolute Gasteiger partial charge is 0.392 e. The van der Waals surface area contributed by atoms with Crippen LogP contribution < -0.4 is 5.32 Å². The summed E-state index contributed by atoms with van der Waals surface area (Å²) in [5, 5.41) is 13.4. The van der Waals surface area contributed by atoms with Crippen molar-refractivity contribution >= 4 is 0 Å². The normalized spacial score (nSPS) is 30.8. The molecule has 0 aromatic rings. The average Bonchev–Trinajstić information content (AvgIpc) is 2.74. The maximum atomic E-state index is 10.1. The van der Waals surface area contributed by atoms with Crippen LogP contribution in [0.15, 0.2) is 0 Å². The third-order valence-electron chi connectivity index (χ3n) is 4.19. The van der Waals surface area contributed by atoms with Gasteiger partial charge in [-0.3, -0.25) is 0 Å². The zero-order valence-electron chi connectivity index (χ0n) is 10.4. The summed E-state index contributed by atoms with van der Waals surface area (Å²) in [7, 11) is 0. The molecule has 2 aliphatic rings. The van der Waals surface area contributed by atoms with Crippen LogP contribution in [0.2, 0.25) is 0 Å². The molecule has 0 aromatic carbocycles. The van der Waals surface area contributed by atoms with Gasteiger partial charge < -0.3 is 15.2 Å². The van der Waals surface area contributed by atoms with Crippen LogP contribution >= 0.6 is 0 Å². The van der Waals surface area contributed by atoms with Gasteiger partial charge in [0.25, 0.3) is 0 Å². The first-order valence-electron chi connectivity index (χ1n) is 6.78. The topological polar surface area (TPSA) is 41.5 Å². The molecule has 2 unspecified atom stereocenters. The molecule has 1 spiro atoms. The van der Waals surface area contributed by atoms with Crippen molar-refractivity contribution in [2.75, 3.05) is 19.7 Å². The number of hydrogen-bond acceptors (Lipinski definition) is 3. The number of ether oxygens (including phenoxy) is 1. The fraction of sp³-hybridized carbons (Fsp3) is 1.00. The lowest BCUT2D eigenvalue weighted by atomic mass is 9.81. The smallest absolute Gasteiger partial charge is 0.0694 e. The molecule has 1 saturated heterocycles. The Kier molecular flexibility index (Phi) is 4.22. The Morgan fingerprint density at radius 1 is 1.44 bits per heavy atom. The van der Waals surface area contributed by atoms with Crippen molar-refractivity contribution in [2.45, 2.75) is 57.2 Å². The summed E-state index contributed by atoms with van der Waals surface area (Å²) in [6.07, 6.45) is 6.91. The first-order chi connectivity index (χ1) is 7.76. The summed E-state index contributed by atoms with van der Waals surface area (Å²) in [5.41, 5.74) is 0.135. The zero-order chi connectivity index (χ0) is 11.4. The Morgan fingerprint density at radius 2 is 2.19 bits per heavy atom. The Hall–Kier alpha value is -0.120. The second-order valence-corrected chi connectivity index (χ2v) is 5.37. The highest BCUT2D eigenvalue weighted by Gasteiger charge is 2.41. The molecule has 1 saturated carbocycles. The molecule has 2 rings (SSSR count). The molecule has 0 radical (unpaired) electrons. The lowest BCUT2D eigenvalue weighted by molar-refractivity contribution is -0.112. The van der Waals surface area contributed by atoms with E-state index in [4.69, 9.17) is 4.74 Å². The third-order valence-corrected chi connectivity index (χ3v) is 4.19. The highest BCUT2D eigenvalue weighted by atomic mass is 16.5. The molecule has 3 heteroatoms. The number of aliphatic hydroxyl groups excluding tert-OH is 1. The number of rotatable bonds is 4. The van der Waals surface area contributed by atoms with Crippen molar-refractivity contribution < 1.29 is 9.84 Å². The van der Waals surface area contributed by atoms with E-state index in [1.807, 2.05) is 0 Å². The maximum Gasteiger partial charge on any atom is 0.0694 e. The Bertz CT molecular complexity index is 214. The van der Waals surface area contributed by atoms with Crippen LogP contribution in [-0.2, 0) is 4.74 Å². The van der Waals surface area contributed by atoms with Crippen molar-refractivity contribution in [3.8, 4) is 0 Å². The highest BCUT2D eigenvalue weighted by molar-refractivity contribution is 4.93. The molecular formula is C13H25NO2. The quantitative estimate of drug-likeness (QED) is 0.768. The van der Waals surface area contributed by atoms with Gasteiger partial charge >= 0.3 is 0 Å². The summed E-state index contributed by atoms with van der Waals surface area (Å²) >= 11 is 0. The van der Waals surface area contributed by atoms with Crippen molar-refractivity contribution in [1.82, 2.24) is 5.32 Å². The van der Waals surface area contributed by atoms with E-state index in [9.17, 15) is 5.11 Å². The summed E-state index contributed by atoms with van der Waals surface area (Å²) in [6.45, 7) is 4.59. The van der Waals surface area contributed by atoms with Crippen molar-refractivity contribution in [2.24, 2.45) is 5.92 Å². The molecule has 16 heavy (non-hydrogen) atoms. The van der Waals surface area contributed by atoms with Crippen LogP contribution in [0.1, 0.15) is 45.4 Å². The number of aliphatic hydroxyl groups is 1. The van der Waals surface area contributed by atoms with E-state index in [1.54, 1.807) is 0 Å². The van der Waals surface area contributed by atoms with E-state index in [1.165, 1.54) is 25.7 Å². The minimum atomic E-state index is -0.193. The molecule has 1 aliphatic carbocycles. The first kappa shape index (κ1) is 12.3. The van der Waals surface area contributed by atoms with Gasteiger partial charge in [0.2, 0.25) is 0 Å². The summed E-state index contributed by atoms with van der Waals surface area (Å²) in [5.74, 6) is 0.436. The van der Waals surface area contributed by atoms with Crippen LogP contribution in [-0.4, -0.2) is 36.5 Å². The molecule has 2 fully saturated rings. The fourth-order valence-corrected chi connectivity index (χ4v) is 3.22. The molecule has 1 heterocycles. The van der Waals surface area contributed by atoms with Crippen LogP contribution in [0.25, 0.3) is 0 Å².